The summed E-state index contributed by atoms with van der Waals surface area (Å²) in [6, 6.07) is 0.902. The lowest BCUT2D eigenvalue weighted by Crippen LogP contribution is -2.47. The minimum absolute atomic E-state index is 0.152. The van der Waals surface area contributed by atoms with Crippen LogP contribution in [0.15, 0.2) is 12.4 Å². The van der Waals surface area contributed by atoms with Crippen LogP contribution < -0.4 is 5.32 Å². The van der Waals surface area contributed by atoms with Crippen LogP contribution in [-0.2, 0) is 0 Å². The lowest BCUT2D eigenvalue weighted by atomic mass is 9.97. The van der Waals surface area contributed by atoms with Gasteiger partial charge in [0, 0.05) is 18.6 Å². The highest BCUT2D eigenvalue weighted by atomic mass is 35.5. The van der Waals surface area contributed by atoms with Crippen molar-refractivity contribution in [2.24, 2.45) is 0 Å². The van der Waals surface area contributed by atoms with Gasteiger partial charge in [0.1, 0.15) is 10.8 Å². The number of piperidine rings is 1. The number of hydrogen-bond donors (Lipinski definition) is 1. The first kappa shape index (κ1) is 12.8. The maximum atomic E-state index is 12.0. The predicted octanol–water partition coefficient (Wildman–Crippen LogP) is 1.49. The number of fused-ring (bicyclic) bond motifs is 1. The number of halogens is 1. The second-order valence-corrected chi connectivity index (χ2v) is 5.64. The Labute approximate surface area is 117 Å². The molecule has 0 aromatic carbocycles. The Morgan fingerprint density at radius 1 is 1.32 bits per heavy atom. The zero-order chi connectivity index (χ0) is 13.2. The summed E-state index contributed by atoms with van der Waals surface area (Å²) in [4.78, 5) is 22.5. The summed E-state index contributed by atoms with van der Waals surface area (Å²) >= 11 is 5.66. The summed E-state index contributed by atoms with van der Waals surface area (Å²) in [7, 11) is 0. The molecule has 0 spiro atoms. The molecule has 6 heteroatoms. The minimum Gasteiger partial charge on any atom is -0.348 e. The first-order chi connectivity index (χ1) is 9.22. The first-order valence-corrected chi connectivity index (χ1v) is 7.12. The van der Waals surface area contributed by atoms with Crippen molar-refractivity contribution >= 4 is 17.5 Å². The van der Waals surface area contributed by atoms with E-state index in [4.69, 9.17) is 11.6 Å². The molecule has 2 aliphatic heterocycles. The molecule has 0 bridgehead atoms. The van der Waals surface area contributed by atoms with E-state index in [0.29, 0.717) is 16.9 Å². The van der Waals surface area contributed by atoms with Gasteiger partial charge in [-0.25, -0.2) is 9.97 Å². The number of rotatable bonds is 2. The molecule has 1 N–H and O–H groups in total. The summed E-state index contributed by atoms with van der Waals surface area (Å²) < 4.78 is 0. The van der Waals surface area contributed by atoms with Crippen molar-refractivity contribution in [2.45, 2.75) is 37.8 Å². The normalized spacial score (nSPS) is 27.0. The van der Waals surface area contributed by atoms with Crippen molar-refractivity contribution in [3.8, 4) is 0 Å². The minimum atomic E-state index is -0.152. The molecule has 102 valence electrons. The van der Waals surface area contributed by atoms with Crippen molar-refractivity contribution in [3.05, 3.63) is 23.2 Å². The Bertz CT molecular complexity index is 464. The largest absolute Gasteiger partial charge is 0.348 e. The molecule has 2 aliphatic rings. The highest BCUT2D eigenvalue weighted by Crippen LogP contribution is 2.26. The number of nitrogens with zero attached hydrogens (tertiary/aromatic N) is 3. The lowest BCUT2D eigenvalue weighted by Gasteiger charge is -2.35. The van der Waals surface area contributed by atoms with Crippen LogP contribution >= 0.6 is 11.6 Å². The molecule has 0 radical (unpaired) electrons. The van der Waals surface area contributed by atoms with Crippen LogP contribution in [0.5, 0.6) is 0 Å². The van der Waals surface area contributed by atoms with Gasteiger partial charge in [-0.3, -0.25) is 4.79 Å². The molecule has 0 saturated carbocycles. The molecule has 2 fully saturated rings. The Balaban J connectivity index is 1.59. The van der Waals surface area contributed by atoms with Crippen molar-refractivity contribution < 1.29 is 4.79 Å². The molecular weight excluding hydrogens is 264 g/mol. The van der Waals surface area contributed by atoms with E-state index in [1.165, 1.54) is 31.8 Å². The van der Waals surface area contributed by atoms with E-state index in [0.717, 1.165) is 19.4 Å². The average molecular weight is 281 g/mol. The van der Waals surface area contributed by atoms with Crippen molar-refractivity contribution in [1.82, 2.24) is 20.2 Å². The van der Waals surface area contributed by atoms with Gasteiger partial charge < -0.3 is 10.2 Å². The summed E-state index contributed by atoms with van der Waals surface area (Å²) in [5.74, 6) is -0.152. The molecule has 1 amide bonds. The molecule has 19 heavy (non-hydrogen) atoms. The summed E-state index contributed by atoms with van der Waals surface area (Å²) in [6.07, 6.45) is 7.43. The topological polar surface area (TPSA) is 58.1 Å². The van der Waals surface area contributed by atoms with E-state index < -0.39 is 0 Å². The number of carbonyl (C=O) groups excluding carboxylic acids is 1. The Morgan fingerprint density at radius 3 is 3.00 bits per heavy atom. The molecule has 0 aliphatic carbocycles. The number of amides is 1. The zero-order valence-electron chi connectivity index (χ0n) is 10.7. The molecule has 3 heterocycles. The van der Waals surface area contributed by atoms with Crippen molar-refractivity contribution in [1.29, 1.82) is 0 Å². The van der Waals surface area contributed by atoms with E-state index in [-0.39, 0.29) is 11.9 Å². The predicted molar refractivity (Wildman–Crippen MR) is 72.1 cm³/mol. The third-order valence-corrected chi connectivity index (χ3v) is 4.20. The number of aromatic nitrogens is 2. The molecule has 3 rings (SSSR count). The van der Waals surface area contributed by atoms with Gasteiger partial charge in [-0.15, -0.1) is 0 Å². The zero-order valence-corrected chi connectivity index (χ0v) is 11.4. The molecule has 2 unspecified atom stereocenters. The van der Waals surface area contributed by atoms with Gasteiger partial charge >= 0.3 is 0 Å². The van der Waals surface area contributed by atoms with Crippen LogP contribution in [0.1, 0.15) is 36.2 Å². The molecule has 2 saturated heterocycles. The summed E-state index contributed by atoms with van der Waals surface area (Å²) in [6.45, 7) is 2.30. The highest BCUT2D eigenvalue weighted by molar-refractivity contribution is 6.29. The molecule has 2 atom stereocenters. The van der Waals surface area contributed by atoms with Gasteiger partial charge in [-0.1, -0.05) is 11.6 Å². The Kier molecular flexibility index (Phi) is 3.66. The van der Waals surface area contributed by atoms with Gasteiger partial charge in [0.05, 0.1) is 12.4 Å². The van der Waals surface area contributed by atoms with Gasteiger partial charge in [0.15, 0.2) is 0 Å². The monoisotopic (exact) mass is 280 g/mol. The van der Waals surface area contributed by atoms with Gasteiger partial charge in [0.25, 0.3) is 5.91 Å². The third kappa shape index (κ3) is 2.87. The number of carbonyl (C=O) groups is 1. The highest BCUT2D eigenvalue weighted by Gasteiger charge is 2.32. The maximum absolute atomic E-state index is 12.0. The Hall–Kier alpha value is -1.20. The van der Waals surface area contributed by atoms with Crippen molar-refractivity contribution in [2.75, 3.05) is 13.1 Å². The van der Waals surface area contributed by atoms with Crippen molar-refractivity contribution in [3.63, 3.8) is 0 Å². The molecule has 1 aromatic heterocycles. The Morgan fingerprint density at radius 2 is 2.21 bits per heavy atom. The van der Waals surface area contributed by atoms with E-state index in [1.54, 1.807) is 0 Å². The fourth-order valence-corrected chi connectivity index (χ4v) is 3.14. The fourth-order valence-electron chi connectivity index (χ4n) is 3.04. The third-order valence-electron chi connectivity index (χ3n) is 4.01. The maximum Gasteiger partial charge on any atom is 0.271 e. The number of nitrogens with one attached hydrogen (secondary N) is 1. The second-order valence-electron chi connectivity index (χ2n) is 5.25. The fraction of sp³-hybridized carbons (Fsp3) is 0.615. The smallest absolute Gasteiger partial charge is 0.271 e. The summed E-state index contributed by atoms with van der Waals surface area (Å²) in [5.41, 5.74) is 0.332. The lowest BCUT2D eigenvalue weighted by molar-refractivity contribution is 0.0891. The molecule has 1 aromatic rings. The van der Waals surface area contributed by atoms with Gasteiger partial charge in [0.2, 0.25) is 0 Å². The molecular formula is C13H17ClN4O. The van der Waals surface area contributed by atoms with Crippen LogP contribution in [0, 0.1) is 0 Å². The van der Waals surface area contributed by atoms with E-state index >= 15 is 0 Å². The van der Waals surface area contributed by atoms with Crippen LogP contribution in [0.2, 0.25) is 5.15 Å². The number of hydrogen-bond acceptors (Lipinski definition) is 4. The van der Waals surface area contributed by atoms with Gasteiger partial charge in [-0.2, -0.15) is 0 Å². The van der Waals surface area contributed by atoms with Crippen LogP contribution in [0.4, 0.5) is 0 Å². The summed E-state index contributed by atoms with van der Waals surface area (Å²) in [5, 5.41) is 3.36. The SMILES string of the molecule is O=C(NC1CCN2CCCC2C1)c1cnc(Cl)cn1. The first-order valence-electron chi connectivity index (χ1n) is 6.75. The van der Waals surface area contributed by atoms with Gasteiger partial charge in [-0.05, 0) is 32.2 Å². The standard InChI is InChI=1S/C13H17ClN4O/c14-12-8-15-11(7-16-12)13(19)17-9-3-5-18-4-1-2-10(18)6-9/h7-10H,1-6H2,(H,17,19). The van der Waals surface area contributed by atoms with E-state index in [9.17, 15) is 4.79 Å². The van der Waals surface area contributed by atoms with E-state index in [1.807, 2.05) is 0 Å². The van der Waals surface area contributed by atoms with Crippen LogP contribution in [0.3, 0.4) is 0 Å². The van der Waals surface area contributed by atoms with Crippen LogP contribution in [0.25, 0.3) is 0 Å². The quantitative estimate of drug-likeness (QED) is 0.892. The van der Waals surface area contributed by atoms with E-state index in [2.05, 4.69) is 20.2 Å². The second kappa shape index (κ2) is 5.43. The van der Waals surface area contributed by atoms with Crippen LogP contribution in [-0.4, -0.2) is 45.9 Å². The molecule has 5 nitrogen and oxygen atoms in total. The average Bonchev–Trinajstić information content (AvgIpc) is 2.87.